The van der Waals surface area contributed by atoms with Gasteiger partial charge in [0.05, 0.1) is 23.4 Å². The maximum atomic E-state index is 13.4. The highest BCUT2D eigenvalue weighted by molar-refractivity contribution is 6.35. The average Bonchev–Trinajstić information content (AvgIpc) is 2.56. The Morgan fingerprint density at radius 2 is 1.92 bits per heavy atom. The Morgan fingerprint density at radius 3 is 2.60 bits per heavy atom. The number of benzene rings is 2. The summed E-state index contributed by atoms with van der Waals surface area (Å²) in [7, 11) is 0. The van der Waals surface area contributed by atoms with E-state index in [1.54, 1.807) is 18.2 Å². The van der Waals surface area contributed by atoms with Crippen molar-refractivity contribution in [1.82, 2.24) is 5.43 Å². The van der Waals surface area contributed by atoms with Crippen molar-refractivity contribution in [3.63, 3.8) is 0 Å². The molecule has 0 aromatic heterocycles. The number of nitrogens with one attached hydrogen (secondary N) is 1. The number of rotatable bonds is 7. The number of nitrogens with zero attached hydrogens (tertiary/aromatic N) is 1. The van der Waals surface area contributed by atoms with Crippen LogP contribution in [0.15, 0.2) is 41.5 Å². The van der Waals surface area contributed by atoms with Gasteiger partial charge in [0.25, 0.3) is 0 Å². The van der Waals surface area contributed by atoms with E-state index in [1.807, 2.05) is 0 Å². The van der Waals surface area contributed by atoms with Crippen molar-refractivity contribution in [2.45, 2.75) is 12.8 Å². The van der Waals surface area contributed by atoms with Crippen molar-refractivity contribution in [3.8, 4) is 5.75 Å². The Hall–Kier alpha value is -2.18. The molecular weight excluding hydrogens is 373 g/mol. The zero-order chi connectivity index (χ0) is 18.2. The number of carbonyl (C=O) groups is 1. The molecule has 0 heterocycles. The quantitative estimate of drug-likeness (QED) is 0.430. The molecule has 0 aliphatic rings. The van der Waals surface area contributed by atoms with Gasteiger partial charge in [-0.25, -0.2) is 14.2 Å². The van der Waals surface area contributed by atoms with Gasteiger partial charge in [0, 0.05) is 11.4 Å². The first-order valence-corrected chi connectivity index (χ1v) is 8.06. The summed E-state index contributed by atoms with van der Waals surface area (Å²) in [6.07, 6.45) is 1.46. The van der Waals surface area contributed by atoms with E-state index in [-0.39, 0.29) is 18.6 Å². The fourth-order valence-corrected chi connectivity index (χ4v) is 2.33. The first-order valence-electron chi connectivity index (χ1n) is 7.31. The van der Waals surface area contributed by atoms with Crippen LogP contribution in [0.2, 0.25) is 10.0 Å². The van der Waals surface area contributed by atoms with E-state index in [2.05, 4.69) is 10.5 Å². The van der Waals surface area contributed by atoms with E-state index in [9.17, 15) is 13.6 Å². The number of hydrazone groups is 1. The van der Waals surface area contributed by atoms with Gasteiger partial charge in [0.15, 0.2) is 0 Å². The highest BCUT2D eigenvalue weighted by Crippen LogP contribution is 2.27. The second-order valence-electron chi connectivity index (χ2n) is 4.96. The van der Waals surface area contributed by atoms with Crippen molar-refractivity contribution in [2.75, 3.05) is 6.61 Å². The second-order valence-corrected chi connectivity index (χ2v) is 5.80. The Labute approximate surface area is 153 Å². The smallest absolute Gasteiger partial charge is 0.240 e. The number of hydrogen-bond acceptors (Lipinski definition) is 3. The Morgan fingerprint density at radius 1 is 1.20 bits per heavy atom. The Kier molecular flexibility index (Phi) is 7.16. The topological polar surface area (TPSA) is 50.7 Å². The van der Waals surface area contributed by atoms with Crippen LogP contribution in [0, 0.1) is 11.6 Å². The molecular formula is C17H14Cl2F2N2O2. The van der Waals surface area contributed by atoms with Gasteiger partial charge >= 0.3 is 0 Å². The second kappa shape index (κ2) is 9.34. The molecule has 1 amide bonds. The maximum Gasteiger partial charge on any atom is 0.240 e. The van der Waals surface area contributed by atoms with Crippen LogP contribution < -0.4 is 10.2 Å². The number of amides is 1. The zero-order valence-corrected chi connectivity index (χ0v) is 14.5. The minimum Gasteiger partial charge on any atom is -0.492 e. The van der Waals surface area contributed by atoms with Crippen LogP contribution in [0.1, 0.15) is 18.4 Å². The molecule has 0 saturated heterocycles. The van der Waals surface area contributed by atoms with Gasteiger partial charge in [-0.15, -0.1) is 0 Å². The van der Waals surface area contributed by atoms with Crippen LogP contribution >= 0.6 is 23.2 Å². The third kappa shape index (κ3) is 5.99. The Balaban J connectivity index is 1.73. The molecule has 0 aliphatic carbocycles. The Bertz CT molecular complexity index is 765. The van der Waals surface area contributed by atoms with Crippen LogP contribution in [0.3, 0.4) is 0 Å². The van der Waals surface area contributed by atoms with Gasteiger partial charge in [-0.3, -0.25) is 4.79 Å². The van der Waals surface area contributed by atoms with Crippen molar-refractivity contribution in [1.29, 1.82) is 0 Å². The summed E-state index contributed by atoms with van der Waals surface area (Å²) in [4.78, 5) is 11.6. The number of ether oxygens (including phenoxy) is 1. The zero-order valence-electron chi connectivity index (χ0n) is 12.9. The van der Waals surface area contributed by atoms with Gasteiger partial charge in [-0.2, -0.15) is 5.10 Å². The summed E-state index contributed by atoms with van der Waals surface area (Å²) < 4.78 is 32.2. The predicted octanol–water partition coefficient (Wildman–Crippen LogP) is 4.58. The van der Waals surface area contributed by atoms with Crippen LogP contribution in [-0.2, 0) is 4.79 Å². The van der Waals surface area contributed by atoms with E-state index < -0.39 is 17.5 Å². The first-order chi connectivity index (χ1) is 12.0. The summed E-state index contributed by atoms with van der Waals surface area (Å²) in [6.45, 7) is 0.264. The minimum atomic E-state index is -0.758. The van der Waals surface area contributed by atoms with Crippen molar-refractivity contribution >= 4 is 35.3 Å². The maximum absolute atomic E-state index is 13.4. The van der Waals surface area contributed by atoms with E-state index in [0.29, 0.717) is 22.2 Å². The van der Waals surface area contributed by atoms with E-state index in [1.165, 1.54) is 6.07 Å². The highest BCUT2D eigenvalue weighted by atomic mass is 35.5. The normalized spacial score (nSPS) is 10.9. The van der Waals surface area contributed by atoms with E-state index in [4.69, 9.17) is 27.9 Å². The molecule has 0 bridgehead atoms. The third-order valence-corrected chi connectivity index (χ3v) is 3.61. The summed E-state index contributed by atoms with van der Waals surface area (Å²) in [6, 6.07) is 8.29. The molecule has 8 heteroatoms. The summed E-state index contributed by atoms with van der Waals surface area (Å²) in [5, 5.41) is 4.43. The van der Waals surface area contributed by atoms with Crippen LogP contribution in [0.4, 0.5) is 8.78 Å². The van der Waals surface area contributed by atoms with Crippen LogP contribution in [0.25, 0.3) is 0 Å². The van der Waals surface area contributed by atoms with E-state index >= 15 is 0 Å². The molecule has 2 aromatic carbocycles. The van der Waals surface area contributed by atoms with Gasteiger partial charge < -0.3 is 4.74 Å². The summed E-state index contributed by atoms with van der Waals surface area (Å²) in [5.74, 6) is -1.45. The third-order valence-electron chi connectivity index (χ3n) is 3.08. The lowest BCUT2D eigenvalue weighted by atomic mass is 10.2. The fourth-order valence-electron chi connectivity index (χ4n) is 1.87. The van der Waals surface area contributed by atoms with Crippen LogP contribution in [-0.4, -0.2) is 18.7 Å². The molecule has 0 spiro atoms. The molecule has 0 radical (unpaired) electrons. The van der Waals surface area contributed by atoms with Crippen molar-refractivity contribution in [2.24, 2.45) is 5.10 Å². The number of halogens is 4. The average molecular weight is 387 g/mol. The molecule has 132 valence electrons. The lowest BCUT2D eigenvalue weighted by Gasteiger charge is -2.07. The first kappa shape index (κ1) is 19.1. The summed E-state index contributed by atoms with van der Waals surface area (Å²) >= 11 is 11.7. The molecule has 0 unspecified atom stereocenters. The van der Waals surface area contributed by atoms with Gasteiger partial charge in [-0.1, -0.05) is 29.3 Å². The van der Waals surface area contributed by atoms with E-state index in [0.717, 1.165) is 18.3 Å². The predicted molar refractivity (Wildman–Crippen MR) is 93.3 cm³/mol. The summed E-state index contributed by atoms with van der Waals surface area (Å²) in [5.41, 5.74) is 1.89. The van der Waals surface area contributed by atoms with Crippen molar-refractivity contribution in [3.05, 3.63) is 63.6 Å². The fraction of sp³-hybridized carbons (Fsp3) is 0.176. The molecule has 0 saturated carbocycles. The lowest BCUT2D eigenvalue weighted by molar-refractivity contribution is -0.121. The number of hydrogen-bond donors (Lipinski definition) is 1. The SMILES string of the molecule is O=C(CCCOc1ccc(Cl)cc1Cl)N/N=C\c1c(F)cccc1F. The van der Waals surface area contributed by atoms with Crippen LogP contribution in [0.5, 0.6) is 5.75 Å². The largest absolute Gasteiger partial charge is 0.492 e. The molecule has 0 atom stereocenters. The molecule has 2 rings (SSSR count). The molecule has 4 nitrogen and oxygen atoms in total. The molecule has 0 aliphatic heterocycles. The standard InChI is InChI=1S/C17H14Cl2F2N2O2/c18-11-6-7-16(13(19)9-11)25-8-2-5-17(24)23-22-10-12-14(20)3-1-4-15(12)21/h1,3-4,6-7,9-10H,2,5,8H2,(H,23,24)/b22-10-. The lowest BCUT2D eigenvalue weighted by Crippen LogP contribution is -2.18. The molecule has 1 N–H and O–H groups in total. The van der Waals surface area contributed by atoms with Crippen molar-refractivity contribution < 1.29 is 18.3 Å². The molecule has 25 heavy (non-hydrogen) atoms. The monoisotopic (exact) mass is 386 g/mol. The molecule has 2 aromatic rings. The van der Waals surface area contributed by atoms with Gasteiger partial charge in [0.2, 0.25) is 5.91 Å². The number of carbonyl (C=O) groups excluding carboxylic acids is 1. The van der Waals surface area contributed by atoms with Gasteiger partial charge in [0.1, 0.15) is 17.4 Å². The highest BCUT2D eigenvalue weighted by Gasteiger charge is 2.06. The molecule has 0 fully saturated rings. The van der Waals surface area contributed by atoms with Gasteiger partial charge in [-0.05, 0) is 36.8 Å². The minimum absolute atomic E-state index is 0.127.